The van der Waals surface area contributed by atoms with Crippen molar-refractivity contribution in [2.45, 2.75) is 13.8 Å². The summed E-state index contributed by atoms with van der Waals surface area (Å²) < 4.78 is 13.5. The molecule has 0 aliphatic carbocycles. The topological polar surface area (TPSA) is 61.4 Å². The van der Waals surface area contributed by atoms with Crippen molar-refractivity contribution in [1.29, 1.82) is 0 Å². The molecule has 0 aliphatic heterocycles. The number of carbonyl (C=O) groups excluding carboxylic acids is 2. The smallest absolute Gasteiger partial charge is 0.269 e. The molecular weight excluding hydrogens is 333 g/mol. The fourth-order valence-electron chi connectivity index (χ4n) is 2.42. The van der Waals surface area contributed by atoms with Crippen molar-refractivity contribution in [3.8, 4) is 0 Å². The lowest BCUT2D eigenvalue weighted by atomic mass is 10.2. The molecule has 0 aromatic heterocycles. The molecule has 0 aliphatic rings. The summed E-state index contributed by atoms with van der Waals surface area (Å²) in [4.78, 5) is 26.0. The normalized spacial score (nSPS) is 10.6. The van der Waals surface area contributed by atoms with E-state index in [0.717, 1.165) is 24.9 Å². The zero-order valence-electron chi connectivity index (χ0n) is 14.8. The Morgan fingerprint density at radius 3 is 2.27 bits per heavy atom. The minimum Gasteiger partial charge on any atom is -0.372 e. The number of halogens is 1. The van der Waals surface area contributed by atoms with Gasteiger partial charge in [0.15, 0.2) is 0 Å². The molecule has 0 bridgehead atoms. The second kappa shape index (κ2) is 9.36. The summed E-state index contributed by atoms with van der Waals surface area (Å²) >= 11 is 0. The van der Waals surface area contributed by atoms with Crippen molar-refractivity contribution in [3.63, 3.8) is 0 Å². The van der Waals surface area contributed by atoms with Crippen LogP contribution in [0.15, 0.2) is 54.6 Å². The van der Waals surface area contributed by atoms with E-state index in [1.54, 1.807) is 30.3 Å². The summed E-state index contributed by atoms with van der Waals surface area (Å²) in [6, 6.07) is 13.2. The van der Waals surface area contributed by atoms with Gasteiger partial charge >= 0.3 is 0 Å². The maximum absolute atomic E-state index is 13.5. The van der Waals surface area contributed by atoms with Crippen LogP contribution >= 0.6 is 0 Å². The van der Waals surface area contributed by atoms with Crippen LogP contribution in [0.4, 0.5) is 10.1 Å². The number of hydrogen-bond acceptors (Lipinski definition) is 3. The number of benzene rings is 2. The molecule has 0 saturated heterocycles. The van der Waals surface area contributed by atoms with Crippen LogP contribution in [0, 0.1) is 5.82 Å². The number of hydrogen-bond donors (Lipinski definition) is 2. The van der Waals surface area contributed by atoms with E-state index in [4.69, 9.17) is 0 Å². The van der Waals surface area contributed by atoms with Crippen molar-refractivity contribution < 1.29 is 14.0 Å². The average Bonchev–Trinajstić information content (AvgIpc) is 2.67. The van der Waals surface area contributed by atoms with E-state index in [0.29, 0.717) is 11.1 Å². The molecule has 5 nitrogen and oxygen atoms in total. The Kier molecular flexibility index (Phi) is 6.91. The first kappa shape index (κ1) is 19.2. The lowest BCUT2D eigenvalue weighted by Gasteiger charge is -2.21. The largest absolute Gasteiger partial charge is 0.372 e. The van der Waals surface area contributed by atoms with E-state index < -0.39 is 17.6 Å². The van der Waals surface area contributed by atoms with E-state index in [1.165, 1.54) is 12.1 Å². The first-order valence-corrected chi connectivity index (χ1v) is 8.43. The van der Waals surface area contributed by atoms with Gasteiger partial charge in [-0.1, -0.05) is 18.2 Å². The molecule has 6 heteroatoms. The summed E-state index contributed by atoms with van der Waals surface area (Å²) in [5.41, 5.74) is 6.35. The third-order valence-corrected chi connectivity index (χ3v) is 3.88. The second-order valence-corrected chi connectivity index (χ2v) is 5.52. The number of rotatable bonds is 6. The van der Waals surface area contributed by atoms with Crippen LogP contribution in [0.25, 0.3) is 6.08 Å². The van der Waals surface area contributed by atoms with E-state index in [9.17, 15) is 14.0 Å². The van der Waals surface area contributed by atoms with Crippen LogP contribution in [0.5, 0.6) is 0 Å². The predicted molar refractivity (Wildman–Crippen MR) is 101 cm³/mol. The summed E-state index contributed by atoms with van der Waals surface area (Å²) in [6.07, 6.45) is 2.50. The number of amides is 2. The number of hydrazine groups is 1. The SMILES string of the molecule is CCN(CC)c1ccc(C(=O)NNC(=O)/C=C/c2ccccc2F)cc1. The fourth-order valence-corrected chi connectivity index (χ4v) is 2.42. The summed E-state index contributed by atoms with van der Waals surface area (Å²) in [7, 11) is 0. The van der Waals surface area contributed by atoms with E-state index >= 15 is 0 Å². The van der Waals surface area contributed by atoms with Gasteiger partial charge in [0.1, 0.15) is 5.82 Å². The quantitative estimate of drug-likeness (QED) is 0.618. The molecule has 2 amide bonds. The van der Waals surface area contributed by atoms with Crippen LogP contribution in [0.1, 0.15) is 29.8 Å². The minimum atomic E-state index is -0.554. The molecule has 0 heterocycles. The van der Waals surface area contributed by atoms with Crippen LogP contribution in [0.2, 0.25) is 0 Å². The molecule has 2 rings (SSSR count). The molecule has 0 atom stereocenters. The van der Waals surface area contributed by atoms with Crippen LogP contribution in [-0.4, -0.2) is 24.9 Å². The van der Waals surface area contributed by atoms with Crippen molar-refractivity contribution in [1.82, 2.24) is 10.9 Å². The molecule has 136 valence electrons. The summed E-state index contributed by atoms with van der Waals surface area (Å²) in [5, 5.41) is 0. The van der Waals surface area contributed by atoms with Crippen LogP contribution in [-0.2, 0) is 4.79 Å². The molecule has 0 fully saturated rings. The van der Waals surface area contributed by atoms with Gasteiger partial charge in [-0.3, -0.25) is 20.4 Å². The zero-order chi connectivity index (χ0) is 18.9. The molecule has 0 radical (unpaired) electrons. The van der Waals surface area contributed by atoms with Gasteiger partial charge in [-0.05, 0) is 50.3 Å². The molecule has 26 heavy (non-hydrogen) atoms. The van der Waals surface area contributed by atoms with Gasteiger partial charge in [-0.15, -0.1) is 0 Å². The number of nitrogens with one attached hydrogen (secondary N) is 2. The highest BCUT2D eigenvalue weighted by Crippen LogP contribution is 2.14. The Balaban J connectivity index is 1.90. The molecular formula is C20H22FN3O2. The Morgan fingerprint density at radius 1 is 1.00 bits per heavy atom. The number of anilines is 1. The molecule has 2 N–H and O–H groups in total. The van der Waals surface area contributed by atoms with E-state index in [2.05, 4.69) is 29.6 Å². The van der Waals surface area contributed by atoms with Gasteiger partial charge in [0.2, 0.25) is 0 Å². The zero-order valence-corrected chi connectivity index (χ0v) is 14.8. The maximum atomic E-state index is 13.5. The molecule has 2 aromatic carbocycles. The highest BCUT2D eigenvalue weighted by molar-refractivity contribution is 5.98. The highest BCUT2D eigenvalue weighted by atomic mass is 19.1. The third-order valence-electron chi connectivity index (χ3n) is 3.88. The lowest BCUT2D eigenvalue weighted by molar-refractivity contribution is -0.117. The van der Waals surface area contributed by atoms with Crippen molar-refractivity contribution in [2.75, 3.05) is 18.0 Å². The minimum absolute atomic E-state index is 0.293. The van der Waals surface area contributed by atoms with Crippen LogP contribution in [0.3, 0.4) is 0 Å². The summed E-state index contributed by atoms with van der Waals surface area (Å²) in [5.74, 6) is -1.40. The van der Waals surface area contributed by atoms with Crippen LogP contribution < -0.4 is 15.8 Å². The predicted octanol–water partition coefficient (Wildman–Crippen LogP) is 3.15. The Hall–Kier alpha value is -3.15. The average molecular weight is 355 g/mol. The summed E-state index contributed by atoms with van der Waals surface area (Å²) in [6.45, 7) is 5.89. The number of nitrogens with zero attached hydrogens (tertiary/aromatic N) is 1. The third kappa shape index (κ3) is 5.17. The van der Waals surface area contributed by atoms with Gasteiger partial charge in [-0.2, -0.15) is 0 Å². The Bertz CT molecular complexity index is 784. The van der Waals surface area contributed by atoms with Gasteiger partial charge in [0, 0.05) is 36.0 Å². The first-order valence-electron chi connectivity index (χ1n) is 8.43. The monoisotopic (exact) mass is 355 g/mol. The second-order valence-electron chi connectivity index (χ2n) is 5.52. The van der Waals surface area contributed by atoms with Gasteiger partial charge in [-0.25, -0.2) is 4.39 Å². The Labute approximate surface area is 152 Å². The first-order chi connectivity index (χ1) is 12.5. The molecule has 0 spiro atoms. The fraction of sp³-hybridized carbons (Fsp3) is 0.200. The molecule has 0 saturated carbocycles. The van der Waals surface area contributed by atoms with Crippen molar-refractivity contribution in [3.05, 3.63) is 71.6 Å². The standard InChI is InChI=1S/C20H22FN3O2/c1-3-24(4-2)17-12-9-16(10-13-17)20(26)23-22-19(25)14-11-15-7-5-6-8-18(15)21/h5-14H,3-4H2,1-2H3,(H,22,25)(H,23,26)/b14-11+. The van der Waals surface area contributed by atoms with Crippen molar-refractivity contribution >= 4 is 23.6 Å². The Morgan fingerprint density at radius 2 is 1.65 bits per heavy atom. The van der Waals surface area contributed by atoms with Gasteiger partial charge in [0.05, 0.1) is 0 Å². The maximum Gasteiger partial charge on any atom is 0.269 e. The van der Waals surface area contributed by atoms with Crippen molar-refractivity contribution in [2.24, 2.45) is 0 Å². The van der Waals surface area contributed by atoms with Gasteiger partial charge < -0.3 is 4.90 Å². The van der Waals surface area contributed by atoms with E-state index in [1.807, 2.05) is 12.1 Å². The molecule has 2 aromatic rings. The highest BCUT2D eigenvalue weighted by Gasteiger charge is 2.08. The van der Waals surface area contributed by atoms with Gasteiger partial charge in [0.25, 0.3) is 11.8 Å². The molecule has 0 unspecified atom stereocenters. The number of carbonyl (C=O) groups is 2. The lowest BCUT2D eigenvalue weighted by Crippen LogP contribution is -2.40. The van der Waals surface area contributed by atoms with E-state index in [-0.39, 0.29) is 0 Å².